The Kier molecular flexibility index (Phi) is 4.27. The monoisotopic (exact) mass is 276 g/mol. The zero-order valence-corrected chi connectivity index (χ0v) is 11.8. The molecule has 0 aromatic heterocycles. The molecule has 108 valence electrons. The van der Waals surface area contributed by atoms with Crippen molar-refractivity contribution < 1.29 is 14.7 Å². The molecule has 0 aliphatic carbocycles. The number of rotatable bonds is 4. The predicted octanol–water partition coefficient (Wildman–Crippen LogP) is 2.40. The van der Waals surface area contributed by atoms with E-state index in [0.29, 0.717) is 6.42 Å². The molecule has 0 bridgehead atoms. The van der Waals surface area contributed by atoms with Crippen LogP contribution in [0.25, 0.3) is 0 Å². The Morgan fingerprint density at radius 3 is 2.80 bits per heavy atom. The maximum absolute atomic E-state index is 12.4. The molecule has 2 atom stereocenters. The number of fused-ring (bicyclic) bond motifs is 1. The van der Waals surface area contributed by atoms with Crippen LogP contribution >= 0.6 is 0 Å². The summed E-state index contributed by atoms with van der Waals surface area (Å²) in [6.07, 6.45) is 1.38. The fourth-order valence-electron chi connectivity index (χ4n) is 2.63. The summed E-state index contributed by atoms with van der Waals surface area (Å²) in [6, 6.07) is 7.37. The normalized spacial score (nSPS) is 18.5. The number of para-hydroxylation sites is 1. The molecule has 2 unspecified atom stereocenters. The van der Waals surface area contributed by atoms with E-state index in [1.54, 1.807) is 4.90 Å². The molecule has 0 saturated heterocycles. The van der Waals surface area contributed by atoms with Crippen molar-refractivity contribution in [2.45, 2.75) is 45.2 Å². The van der Waals surface area contributed by atoms with Gasteiger partial charge < -0.3 is 10.4 Å². The van der Waals surface area contributed by atoms with Gasteiger partial charge in [-0.1, -0.05) is 25.1 Å². The molecule has 2 N–H and O–H groups in total. The van der Waals surface area contributed by atoms with Crippen LogP contribution in [0.5, 0.6) is 0 Å². The number of urea groups is 1. The van der Waals surface area contributed by atoms with Crippen LogP contribution < -0.4 is 10.2 Å². The van der Waals surface area contributed by atoms with Crippen LogP contribution in [0, 0.1) is 0 Å². The SMILES string of the molecule is CCC(CC(=O)O)NC(=O)N1c2ccccc2CC1C. The first-order valence-electron chi connectivity index (χ1n) is 6.92. The molecule has 0 radical (unpaired) electrons. The van der Waals surface area contributed by atoms with Gasteiger partial charge in [0, 0.05) is 17.8 Å². The van der Waals surface area contributed by atoms with Gasteiger partial charge in [-0.25, -0.2) is 4.79 Å². The molecule has 5 heteroatoms. The summed E-state index contributed by atoms with van der Waals surface area (Å²) in [6.45, 7) is 3.87. The summed E-state index contributed by atoms with van der Waals surface area (Å²) < 4.78 is 0. The topological polar surface area (TPSA) is 69.6 Å². The van der Waals surface area contributed by atoms with Gasteiger partial charge in [-0.05, 0) is 31.4 Å². The number of benzene rings is 1. The first kappa shape index (κ1) is 14.4. The van der Waals surface area contributed by atoms with Crippen molar-refractivity contribution in [1.82, 2.24) is 5.32 Å². The van der Waals surface area contributed by atoms with E-state index >= 15 is 0 Å². The number of hydrogen-bond acceptors (Lipinski definition) is 2. The van der Waals surface area contributed by atoms with E-state index < -0.39 is 5.97 Å². The highest BCUT2D eigenvalue weighted by atomic mass is 16.4. The molecule has 1 aliphatic heterocycles. The molecule has 1 aromatic carbocycles. The lowest BCUT2D eigenvalue weighted by atomic mass is 10.1. The molecule has 0 saturated carbocycles. The number of nitrogens with zero attached hydrogens (tertiary/aromatic N) is 1. The molecule has 20 heavy (non-hydrogen) atoms. The standard InChI is InChI=1S/C15H20N2O3/c1-3-12(9-14(18)19)16-15(20)17-10(2)8-11-6-4-5-7-13(11)17/h4-7,10,12H,3,8-9H2,1-2H3,(H,16,20)(H,18,19). The van der Waals surface area contributed by atoms with Gasteiger partial charge in [0.1, 0.15) is 0 Å². The molecular weight excluding hydrogens is 256 g/mol. The molecule has 1 aliphatic rings. The Morgan fingerprint density at radius 1 is 1.45 bits per heavy atom. The van der Waals surface area contributed by atoms with Gasteiger partial charge in [-0.3, -0.25) is 9.69 Å². The van der Waals surface area contributed by atoms with Gasteiger partial charge in [0.2, 0.25) is 0 Å². The Labute approximate surface area is 118 Å². The van der Waals surface area contributed by atoms with E-state index in [9.17, 15) is 9.59 Å². The van der Waals surface area contributed by atoms with Crippen LogP contribution in [0.4, 0.5) is 10.5 Å². The van der Waals surface area contributed by atoms with Gasteiger partial charge in [0.15, 0.2) is 0 Å². The van der Waals surface area contributed by atoms with E-state index in [1.165, 1.54) is 0 Å². The van der Waals surface area contributed by atoms with Crippen LogP contribution in [-0.4, -0.2) is 29.2 Å². The molecule has 0 spiro atoms. The number of amides is 2. The summed E-state index contributed by atoms with van der Waals surface area (Å²) in [4.78, 5) is 24.9. The summed E-state index contributed by atoms with van der Waals surface area (Å²) in [5.41, 5.74) is 2.07. The number of carboxylic acid groups (broad SMARTS) is 1. The third kappa shape index (κ3) is 2.92. The number of carboxylic acids is 1. The van der Waals surface area contributed by atoms with Crippen LogP contribution in [-0.2, 0) is 11.2 Å². The summed E-state index contributed by atoms with van der Waals surface area (Å²) >= 11 is 0. The third-order valence-electron chi connectivity index (χ3n) is 3.67. The maximum atomic E-state index is 12.4. The third-order valence-corrected chi connectivity index (χ3v) is 3.67. The zero-order valence-electron chi connectivity index (χ0n) is 11.8. The lowest BCUT2D eigenvalue weighted by Gasteiger charge is -2.25. The number of carbonyl (C=O) groups is 2. The van der Waals surface area contributed by atoms with E-state index in [0.717, 1.165) is 17.7 Å². The number of aliphatic carboxylic acids is 1. The van der Waals surface area contributed by atoms with Crippen molar-refractivity contribution in [2.24, 2.45) is 0 Å². The Bertz CT molecular complexity index is 516. The molecule has 1 aromatic rings. The van der Waals surface area contributed by atoms with Gasteiger partial charge in [-0.2, -0.15) is 0 Å². The quantitative estimate of drug-likeness (QED) is 0.887. The van der Waals surface area contributed by atoms with Gasteiger partial charge in [0.05, 0.1) is 6.42 Å². The van der Waals surface area contributed by atoms with Crippen molar-refractivity contribution >= 4 is 17.7 Å². The average molecular weight is 276 g/mol. The molecule has 2 amide bonds. The highest BCUT2D eigenvalue weighted by Gasteiger charge is 2.31. The van der Waals surface area contributed by atoms with Crippen LogP contribution in [0.1, 0.15) is 32.3 Å². The lowest BCUT2D eigenvalue weighted by Crippen LogP contribution is -2.47. The van der Waals surface area contributed by atoms with Crippen molar-refractivity contribution in [3.05, 3.63) is 29.8 Å². The Hall–Kier alpha value is -2.04. The highest BCUT2D eigenvalue weighted by molar-refractivity contribution is 5.95. The largest absolute Gasteiger partial charge is 0.481 e. The van der Waals surface area contributed by atoms with E-state index in [-0.39, 0.29) is 24.5 Å². The summed E-state index contributed by atoms with van der Waals surface area (Å²) in [7, 11) is 0. The number of nitrogens with one attached hydrogen (secondary N) is 1. The average Bonchev–Trinajstić information content (AvgIpc) is 2.73. The number of anilines is 1. The first-order valence-corrected chi connectivity index (χ1v) is 6.92. The minimum atomic E-state index is -0.896. The van der Waals surface area contributed by atoms with Crippen LogP contribution in [0.3, 0.4) is 0 Å². The molecule has 1 heterocycles. The molecule has 2 rings (SSSR count). The Morgan fingerprint density at radius 2 is 2.15 bits per heavy atom. The predicted molar refractivity (Wildman–Crippen MR) is 77.0 cm³/mol. The number of hydrogen-bond donors (Lipinski definition) is 2. The lowest BCUT2D eigenvalue weighted by molar-refractivity contribution is -0.137. The highest BCUT2D eigenvalue weighted by Crippen LogP contribution is 2.31. The minimum absolute atomic E-state index is 0.0495. The van der Waals surface area contributed by atoms with Gasteiger partial charge >= 0.3 is 12.0 Å². The van der Waals surface area contributed by atoms with E-state index in [4.69, 9.17) is 5.11 Å². The minimum Gasteiger partial charge on any atom is -0.481 e. The fourth-order valence-corrected chi connectivity index (χ4v) is 2.63. The molecule has 5 nitrogen and oxygen atoms in total. The van der Waals surface area contributed by atoms with Gasteiger partial charge in [0.25, 0.3) is 0 Å². The van der Waals surface area contributed by atoms with E-state index in [2.05, 4.69) is 5.32 Å². The first-order chi connectivity index (χ1) is 9.52. The van der Waals surface area contributed by atoms with Crippen molar-refractivity contribution in [1.29, 1.82) is 0 Å². The van der Waals surface area contributed by atoms with Gasteiger partial charge in [-0.15, -0.1) is 0 Å². The van der Waals surface area contributed by atoms with Crippen LogP contribution in [0.15, 0.2) is 24.3 Å². The van der Waals surface area contributed by atoms with E-state index in [1.807, 2.05) is 38.1 Å². The van der Waals surface area contributed by atoms with Crippen molar-refractivity contribution in [3.8, 4) is 0 Å². The Balaban J connectivity index is 2.11. The molecular formula is C15H20N2O3. The summed E-state index contributed by atoms with van der Waals surface area (Å²) in [5, 5.41) is 11.7. The maximum Gasteiger partial charge on any atom is 0.322 e. The second-order valence-electron chi connectivity index (χ2n) is 5.20. The van der Waals surface area contributed by atoms with Crippen LogP contribution in [0.2, 0.25) is 0 Å². The van der Waals surface area contributed by atoms with Crippen molar-refractivity contribution in [3.63, 3.8) is 0 Å². The molecule has 0 fully saturated rings. The zero-order chi connectivity index (χ0) is 14.7. The second kappa shape index (κ2) is 5.94. The smallest absolute Gasteiger partial charge is 0.322 e. The van der Waals surface area contributed by atoms with Crippen molar-refractivity contribution in [2.75, 3.05) is 4.90 Å². The fraction of sp³-hybridized carbons (Fsp3) is 0.467. The summed E-state index contributed by atoms with van der Waals surface area (Å²) in [5.74, 6) is -0.896. The number of carbonyl (C=O) groups excluding carboxylic acids is 1. The second-order valence-corrected chi connectivity index (χ2v) is 5.20.